The average molecular weight is 495 g/mol. The van der Waals surface area contributed by atoms with Crippen LogP contribution in [-0.4, -0.2) is 46.5 Å². The number of benzene rings is 1. The third-order valence-corrected chi connectivity index (χ3v) is 5.91. The summed E-state index contributed by atoms with van der Waals surface area (Å²) in [6, 6.07) is 8.19. The molecule has 1 aromatic carbocycles. The van der Waals surface area contributed by atoms with Crippen LogP contribution in [0.4, 0.5) is 4.79 Å². The molecule has 3 rings (SSSR count). The Kier molecular flexibility index (Phi) is 8.38. The quantitative estimate of drug-likeness (QED) is 0.605. The van der Waals surface area contributed by atoms with Crippen LogP contribution < -0.4 is 10.6 Å². The number of carbonyl (C=O) groups is 3. The van der Waals surface area contributed by atoms with E-state index in [1.807, 2.05) is 46.8 Å². The van der Waals surface area contributed by atoms with Crippen LogP contribution in [0.3, 0.4) is 0 Å². The van der Waals surface area contributed by atoms with E-state index >= 15 is 0 Å². The number of piperazine rings is 1. The third-order valence-electron chi connectivity index (χ3n) is 5.91. The van der Waals surface area contributed by atoms with Crippen LogP contribution >= 0.6 is 0 Å². The van der Waals surface area contributed by atoms with Gasteiger partial charge in [0.15, 0.2) is 0 Å². The number of alkyl carbamates (subject to hydrolysis) is 1. The Bertz CT molecular complexity index is 1130. The van der Waals surface area contributed by atoms with Gasteiger partial charge in [0.25, 0.3) is 0 Å². The van der Waals surface area contributed by atoms with E-state index in [4.69, 9.17) is 9.72 Å². The van der Waals surface area contributed by atoms with Crippen molar-refractivity contribution in [2.24, 2.45) is 5.92 Å². The summed E-state index contributed by atoms with van der Waals surface area (Å²) >= 11 is 0. The molecule has 2 N–H and O–H groups in total. The minimum atomic E-state index is -0.615. The minimum absolute atomic E-state index is 0.00481. The Morgan fingerprint density at radius 2 is 1.81 bits per heavy atom. The summed E-state index contributed by atoms with van der Waals surface area (Å²) in [6.45, 7) is 14.2. The maximum atomic E-state index is 12.6. The van der Waals surface area contributed by atoms with Gasteiger partial charge in [-0.15, -0.1) is 0 Å². The molecule has 8 nitrogen and oxygen atoms in total. The molecule has 0 bridgehead atoms. The maximum Gasteiger partial charge on any atom is 0.407 e. The van der Waals surface area contributed by atoms with E-state index in [1.165, 1.54) is 0 Å². The molecule has 36 heavy (non-hydrogen) atoms. The Morgan fingerprint density at radius 1 is 1.14 bits per heavy atom. The lowest BCUT2D eigenvalue weighted by Crippen LogP contribution is -2.51. The van der Waals surface area contributed by atoms with E-state index in [2.05, 4.69) is 36.6 Å². The number of rotatable bonds is 7. The van der Waals surface area contributed by atoms with Crippen LogP contribution in [-0.2, 0) is 33.8 Å². The number of amides is 3. The molecule has 194 valence electrons. The van der Waals surface area contributed by atoms with Gasteiger partial charge in [0.2, 0.25) is 11.8 Å². The highest BCUT2D eigenvalue weighted by Crippen LogP contribution is 2.34. The highest BCUT2D eigenvalue weighted by molar-refractivity contribution is 5.92. The van der Waals surface area contributed by atoms with Crippen molar-refractivity contribution in [3.63, 3.8) is 0 Å². The number of pyridine rings is 1. The first-order valence-corrected chi connectivity index (χ1v) is 12.4. The number of hydrogen-bond acceptors (Lipinski definition) is 5. The fraction of sp³-hybridized carbons (Fsp3) is 0.500. The lowest BCUT2D eigenvalue weighted by molar-refractivity contribution is -0.141. The Morgan fingerprint density at radius 3 is 2.42 bits per heavy atom. The number of ether oxygens (including phenoxy) is 1. The lowest BCUT2D eigenvalue weighted by Gasteiger charge is -2.29. The summed E-state index contributed by atoms with van der Waals surface area (Å²) < 4.78 is 5.48. The zero-order valence-corrected chi connectivity index (χ0v) is 22.4. The van der Waals surface area contributed by atoms with Gasteiger partial charge in [0.1, 0.15) is 5.60 Å². The van der Waals surface area contributed by atoms with Gasteiger partial charge in [-0.1, -0.05) is 43.7 Å². The number of aromatic nitrogens is 1. The van der Waals surface area contributed by atoms with Gasteiger partial charge < -0.3 is 20.3 Å². The molecule has 1 aliphatic rings. The van der Waals surface area contributed by atoms with Crippen molar-refractivity contribution in [3.8, 4) is 11.1 Å². The molecule has 0 aliphatic carbocycles. The molecule has 2 aromatic rings. The number of nitrogens with one attached hydrogen (secondary N) is 2. The van der Waals surface area contributed by atoms with E-state index in [0.717, 1.165) is 45.6 Å². The molecule has 1 aromatic heterocycles. The van der Waals surface area contributed by atoms with Gasteiger partial charge in [0, 0.05) is 35.6 Å². The van der Waals surface area contributed by atoms with E-state index in [0.29, 0.717) is 5.92 Å². The van der Waals surface area contributed by atoms with Gasteiger partial charge >= 0.3 is 6.09 Å². The largest absolute Gasteiger partial charge is 0.444 e. The standard InChI is InChI=1S/C28H38N4O4/c1-17(2)12-23-21(13-30-27(35)36-28(5,6)7)26(20-10-8-18(3)9-11-20)22(19(4)31-23)15-32-16-24(33)29-14-25(32)34/h8-11,17H,12-16H2,1-7H3,(H,29,33)(H,30,35). The van der Waals surface area contributed by atoms with Crippen molar-refractivity contribution in [1.82, 2.24) is 20.5 Å². The molecule has 0 atom stereocenters. The van der Waals surface area contributed by atoms with E-state index < -0.39 is 11.7 Å². The topological polar surface area (TPSA) is 101 Å². The predicted molar refractivity (Wildman–Crippen MR) is 139 cm³/mol. The van der Waals surface area contributed by atoms with Crippen LogP contribution in [0.15, 0.2) is 24.3 Å². The molecule has 2 heterocycles. The van der Waals surface area contributed by atoms with Gasteiger partial charge in [-0.2, -0.15) is 0 Å². The minimum Gasteiger partial charge on any atom is -0.444 e. The van der Waals surface area contributed by atoms with Gasteiger partial charge in [0.05, 0.1) is 13.1 Å². The maximum absolute atomic E-state index is 12.6. The molecular formula is C28H38N4O4. The van der Waals surface area contributed by atoms with E-state index in [-0.39, 0.29) is 38.0 Å². The third kappa shape index (κ3) is 7.06. The highest BCUT2D eigenvalue weighted by Gasteiger charge is 2.27. The summed E-state index contributed by atoms with van der Waals surface area (Å²) in [5, 5.41) is 5.51. The summed E-state index contributed by atoms with van der Waals surface area (Å²) in [6.07, 6.45) is 0.231. The van der Waals surface area contributed by atoms with Gasteiger partial charge in [-0.25, -0.2) is 4.79 Å². The molecule has 8 heteroatoms. The Labute approximate surface area is 213 Å². The fourth-order valence-electron chi connectivity index (χ4n) is 4.27. The van der Waals surface area contributed by atoms with Crippen molar-refractivity contribution in [1.29, 1.82) is 0 Å². The van der Waals surface area contributed by atoms with Crippen molar-refractivity contribution in [3.05, 3.63) is 52.3 Å². The Hall–Kier alpha value is -3.42. The molecule has 1 aliphatic heterocycles. The van der Waals surface area contributed by atoms with Crippen LogP contribution in [0.5, 0.6) is 0 Å². The first-order valence-electron chi connectivity index (χ1n) is 12.4. The van der Waals surface area contributed by atoms with Crippen molar-refractivity contribution >= 4 is 17.9 Å². The SMILES string of the molecule is Cc1ccc(-c2c(CN3CC(=O)NCC3=O)c(C)nc(CC(C)C)c2CNC(=O)OC(C)(C)C)cc1. The summed E-state index contributed by atoms with van der Waals surface area (Å²) in [4.78, 5) is 43.7. The molecule has 3 amide bonds. The summed E-state index contributed by atoms with van der Waals surface area (Å²) in [7, 11) is 0. The fourth-order valence-corrected chi connectivity index (χ4v) is 4.27. The van der Waals surface area contributed by atoms with Gasteiger partial charge in [-0.05, 0) is 58.1 Å². The molecule has 1 fully saturated rings. The van der Waals surface area contributed by atoms with Crippen LogP contribution in [0.1, 0.15) is 62.7 Å². The zero-order chi connectivity index (χ0) is 26.6. The number of hydrogen-bond donors (Lipinski definition) is 2. The first kappa shape index (κ1) is 27.2. The molecule has 1 saturated heterocycles. The number of nitrogens with zero attached hydrogens (tertiary/aromatic N) is 2. The summed E-state index contributed by atoms with van der Waals surface area (Å²) in [5.74, 6) is 0.0325. The van der Waals surface area contributed by atoms with Crippen LogP contribution in [0, 0.1) is 19.8 Å². The molecule has 0 unspecified atom stereocenters. The monoisotopic (exact) mass is 494 g/mol. The van der Waals surface area contributed by atoms with Crippen LogP contribution in [0.25, 0.3) is 11.1 Å². The second-order valence-corrected chi connectivity index (χ2v) is 10.8. The van der Waals surface area contributed by atoms with Crippen molar-refractivity contribution in [2.75, 3.05) is 13.1 Å². The van der Waals surface area contributed by atoms with Gasteiger partial charge in [-0.3, -0.25) is 14.6 Å². The number of aryl methyl sites for hydroxylation is 2. The Balaban J connectivity index is 2.14. The second-order valence-electron chi connectivity index (χ2n) is 10.8. The van der Waals surface area contributed by atoms with Crippen molar-refractivity contribution < 1.29 is 19.1 Å². The van der Waals surface area contributed by atoms with E-state index in [9.17, 15) is 14.4 Å². The molecule has 0 spiro atoms. The molecular weight excluding hydrogens is 456 g/mol. The zero-order valence-electron chi connectivity index (χ0n) is 22.4. The highest BCUT2D eigenvalue weighted by atomic mass is 16.6. The second kappa shape index (κ2) is 11.1. The molecule has 0 radical (unpaired) electrons. The first-order chi connectivity index (χ1) is 16.8. The smallest absolute Gasteiger partial charge is 0.407 e. The summed E-state index contributed by atoms with van der Waals surface area (Å²) in [5.41, 5.74) is 5.90. The normalized spacial score (nSPS) is 14.2. The van der Waals surface area contributed by atoms with Crippen LogP contribution in [0.2, 0.25) is 0 Å². The number of carbonyl (C=O) groups excluding carboxylic acids is 3. The van der Waals surface area contributed by atoms with Crippen molar-refractivity contribution in [2.45, 2.75) is 73.6 Å². The predicted octanol–water partition coefficient (Wildman–Crippen LogP) is 4.05. The van der Waals surface area contributed by atoms with E-state index in [1.54, 1.807) is 4.90 Å². The lowest BCUT2D eigenvalue weighted by atomic mass is 9.89. The average Bonchev–Trinajstić information content (AvgIpc) is 2.76. The molecule has 0 saturated carbocycles.